The number of halogens is 1. The molecular formula is C11H14ClNO3. The summed E-state index contributed by atoms with van der Waals surface area (Å²) in [6.45, 7) is 2.35. The number of fused-ring (bicyclic) bond motifs is 1. The standard InChI is InChI=1S/C11H13NO3.ClH/c1-6-4-10-8(5-7(6)11(13)14)9(12)2-3-15-10;/h4-5,9H,2-3,12H2,1H3,(H,13,14);1H/t9-;/m0./s1. The highest BCUT2D eigenvalue weighted by molar-refractivity contribution is 5.90. The Balaban J connectivity index is 0.00000128. The number of hydrogen-bond acceptors (Lipinski definition) is 3. The smallest absolute Gasteiger partial charge is 0.335 e. The predicted molar refractivity (Wildman–Crippen MR) is 62.4 cm³/mol. The summed E-state index contributed by atoms with van der Waals surface area (Å²) in [5.74, 6) is -0.204. The summed E-state index contributed by atoms with van der Waals surface area (Å²) in [5.41, 5.74) is 7.69. The molecule has 0 unspecified atom stereocenters. The molecule has 0 amide bonds. The van der Waals surface area contributed by atoms with Gasteiger partial charge in [-0.3, -0.25) is 0 Å². The number of rotatable bonds is 1. The molecular weight excluding hydrogens is 230 g/mol. The number of hydrogen-bond donors (Lipinski definition) is 2. The van der Waals surface area contributed by atoms with Crippen molar-refractivity contribution < 1.29 is 14.6 Å². The Morgan fingerprint density at radius 1 is 1.56 bits per heavy atom. The van der Waals surface area contributed by atoms with Crippen molar-refractivity contribution in [3.8, 4) is 5.75 Å². The second kappa shape index (κ2) is 4.72. The van der Waals surface area contributed by atoms with Crippen LogP contribution in [0.4, 0.5) is 0 Å². The van der Waals surface area contributed by atoms with E-state index in [0.29, 0.717) is 17.7 Å². The van der Waals surface area contributed by atoms with Crippen LogP contribution in [0.25, 0.3) is 0 Å². The lowest BCUT2D eigenvalue weighted by molar-refractivity contribution is 0.0696. The van der Waals surface area contributed by atoms with Crippen molar-refractivity contribution in [1.82, 2.24) is 0 Å². The molecule has 1 atom stereocenters. The van der Waals surface area contributed by atoms with Gasteiger partial charge in [-0.2, -0.15) is 0 Å². The fraction of sp³-hybridized carbons (Fsp3) is 0.364. The second-order valence-electron chi connectivity index (χ2n) is 3.75. The van der Waals surface area contributed by atoms with Crippen molar-refractivity contribution in [2.45, 2.75) is 19.4 Å². The van der Waals surface area contributed by atoms with E-state index in [1.807, 2.05) is 0 Å². The highest BCUT2D eigenvalue weighted by Crippen LogP contribution is 2.32. The SMILES string of the molecule is Cc1cc2c(cc1C(=O)O)[C@@H](N)CCO2.Cl. The van der Waals surface area contributed by atoms with Gasteiger partial charge in [-0.1, -0.05) is 0 Å². The van der Waals surface area contributed by atoms with Gasteiger partial charge in [-0.25, -0.2) is 4.79 Å². The zero-order valence-corrected chi connectivity index (χ0v) is 9.71. The maximum absolute atomic E-state index is 10.9. The second-order valence-corrected chi connectivity index (χ2v) is 3.75. The minimum Gasteiger partial charge on any atom is -0.493 e. The van der Waals surface area contributed by atoms with Crippen LogP contribution in [0.5, 0.6) is 5.75 Å². The number of carboxylic acids is 1. The van der Waals surface area contributed by atoms with Gasteiger partial charge in [0.2, 0.25) is 0 Å². The van der Waals surface area contributed by atoms with E-state index in [0.717, 1.165) is 17.7 Å². The van der Waals surface area contributed by atoms with Crippen molar-refractivity contribution in [2.24, 2.45) is 5.73 Å². The molecule has 0 saturated heterocycles. The average molecular weight is 244 g/mol. The van der Waals surface area contributed by atoms with Crippen LogP contribution < -0.4 is 10.5 Å². The molecule has 1 aromatic rings. The molecule has 88 valence electrons. The number of nitrogens with two attached hydrogens (primary N) is 1. The van der Waals surface area contributed by atoms with Crippen LogP contribution in [-0.4, -0.2) is 17.7 Å². The lowest BCUT2D eigenvalue weighted by atomic mass is 9.96. The molecule has 0 radical (unpaired) electrons. The quantitative estimate of drug-likeness (QED) is 0.790. The summed E-state index contributed by atoms with van der Waals surface area (Å²) >= 11 is 0. The van der Waals surface area contributed by atoms with Crippen molar-refractivity contribution in [3.05, 3.63) is 28.8 Å². The maximum atomic E-state index is 10.9. The Kier molecular flexibility index (Phi) is 3.78. The number of aryl methyl sites for hydroxylation is 1. The first-order valence-electron chi connectivity index (χ1n) is 4.86. The third-order valence-corrected chi connectivity index (χ3v) is 2.67. The van der Waals surface area contributed by atoms with Gasteiger partial charge < -0.3 is 15.6 Å². The molecule has 0 aromatic heterocycles. The van der Waals surface area contributed by atoms with Gasteiger partial charge in [-0.15, -0.1) is 12.4 Å². The molecule has 16 heavy (non-hydrogen) atoms. The molecule has 0 bridgehead atoms. The molecule has 2 rings (SSSR count). The van der Waals surface area contributed by atoms with Gasteiger partial charge in [0.1, 0.15) is 5.75 Å². The van der Waals surface area contributed by atoms with Crippen LogP contribution in [0.15, 0.2) is 12.1 Å². The van der Waals surface area contributed by atoms with E-state index >= 15 is 0 Å². The third kappa shape index (κ3) is 2.13. The Bertz CT molecular complexity index is 420. The van der Waals surface area contributed by atoms with E-state index in [9.17, 15) is 4.79 Å². The molecule has 0 saturated carbocycles. The van der Waals surface area contributed by atoms with Crippen LogP contribution in [0, 0.1) is 6.92 Å². The Labute approximate surface area is 99.8 Å². The van der Waals surface area contributed by atoms with Gasteiger partial charge in [0.25, 0.3) is 0 Å². The summed E-state index contributed by atoms with van der Waals surface area (Å²) in [6.07, 6.45) is 0.731. The fourth-order valence-corrected chi connectivity index (χ4v) is 1.79. The predicted octanol–water partition coefficient (Wildman–Crippen LogP) is 1.90. The van der Waals surface area contributed by atoms with E-state index < -0.39 is 5.97 Å². The molecule has 0 spiro atoms. The minimum atomic E-state index is -0.923. The summed E-state index contributed by atoms with van der Waals surface area (Å²) < 4.78 is 5.44. The van der Waals surface area contributed by atoms with Gasteiger partial charge in [0, 0.05) is 18.0 Å². The lowest BCUT2D eigenvalue weighted by Crippen LogP contribution is -2.21. The topological polar surface area (TPSA) is 72.5 Å². The third-order valence-electron chi connectivity index (χ3n) is 2.67. The van der Waals surface area contributed by atoms with Gasteiger partial charge in [0.05, 0.1) is 12.2 Å². The Hall–Kier alpha value is -1.26. The highest BCUT2D eigenvalue weighted by atomic mass is 35.5. The average Bonchev–Trinajstić information content (AvgIpc) is 2.16. The Morgan fingerprint density at radius 2 is 2.25 bits per heavy atom. The molecule has 0 fully saturated rings. The van der Waals surface area contributed by atoms with Crippen LogP contribution >= 0.6 is 12.4 Å². The molecule has 1 aromatic carbocycles. The normalized spacial score (nSPS) is 18.0. The molecule has 1 aliphatic heterocycles. The number of carbonyl (C=O) groups is 1. The van der Waals surface area contributed by atoms with E-state index in [4.69, 9.17) is 15.6 Å². The Morgan fingerprint density at radius 3 is 2.88 bits per heavy atom. The fourth-order valence-electron chi connectivity index (χ4n) is 1.79. The van der Waals surface area contributed by atoms with Crippen LogP contribution in [0.3, 0.4) is 0 Å². The largest absolute Gasteiger partial charge is 0.493 e. The molecule has 5 heteroatoms. The number of aromatic carboxylic acids is 1. The lowest BCUT2D eigenvalue weighted by Gasteiger charge is -2.23. The van der Waals surface area contributed by atoms with Gasteiger partial charge in [-0.05, 0) is 24.6 Å². The monoisotopic (exact) mass is 243 g/mol. The minimum absolute atomic E-state index is 0. The first-order valence-corrected chi connectivity index (χ1v) is 4.86. The molecule has 1 heterocycles. The van der Waals surface area contributed by atoms with Crippen molar-refractivity contribution in [3.63, 3.8) is 0 Å². The van der Waals surface area contributed by atoms with Crippen LogP contribution in [0.1, 0.15) is 33.9 Å². The van der Waals surface area contributed by atoms with E-state index in [-0.39, 0.29) is 18.4 Å². The first-order chi connectivity index (χ1) is 7.09. The van der Waals surface area contributed by atoms with Gasteiger partial charge in [0.15, 0.2) is 0 Å². The van der Waals surface area contributed by atoms with E-state index in [1.54, 1.807) is 19.1 Å². The van der Waals surface area contributed by atoms with Crippen molar-refractivity contribution in [2.75, 3.05) is 6.61 Å². The highest BCUT2D eigenvalue weighted by Gasteiger charge is 2.21. The first kappa shape index (κ1) is 12.8. The number of ether oxygens (including phenoxy) is 1. The van der Waals surface area contributed by atoms with Crippen LogP contribution in [0.2, 0.25) is 0 Å². The summed E-state index contributed by atoms with van der Waals surface area (Å²) in [5, 5.41) is 8.97. The summed E-state index contributed by atoms with van der Waals surface area (Å²) in [4.78, 5) is 10.9. The number of carboxylic acid groups (broad SMARTS) is 1. The molecule has 0 aliphatic carbocycles. The van der Waals surface area contributed by atoms with E-state index in [1.165, 1.54) is 0 Å². The van der Waals surface area contributed by atoms with Crippen LogP contribution in [-0.2, 0) is 0 Å². The van der Waals surface area contributed by atoms with Crippen molar-refractivity contribution >= 4 is 18.4 Å². The zero-order valence-electron chi connectivity index (χ0n) is 8.90. The summed E-state index contributed by atoms with van der Waals surface area (Å²) in [7, 11) is 0. The maximum Gasteiger partial charge on any atom is 0.335 e. The van der Waals surface area contributed by atoms with Gasteiger partial charge >= 0.3 is 5.97 Å². The number of benzene rings is 1. The molecule has 3 N–H and O–H groups in total. The van der Waals surface area contributed by atoms with Crippen molar-refractivity contribution in [1.29, 1.82) is 0 Å². The molecule has 1 aliphatic rings. The summed E-state index contributed by atoms with van der Waals surface area (Å²) in [6, 6.07) is 3.25. The zero-order chi connectivity index (χ0) is 11.0. The molecule has 4 nitrogen and oxygen atoms in total. The van der Waals surface area contributed by atoms with E-state index in [2.05, 4.69) is 0 Å².